The van der Waals surface area contributed by atoms with Crippen molar-refractivity contribution >= 4 is 8.80 Å². The maximum atomic E-state index is 9.91. The molecule has 3 N–H and O–H groups in total. The Labute approximate surface area is 104 Å². The van der Waals surface area contributed by atoms with Crippen molar-refractivity contribution in [2.45, 2.75) is 18.9 Å². The van der Waals surface area contributed by atoms with E-state index in [-0.39, 0.29) is 0 Å². The lowest BCUT2D eigenvalue weighted by atomic mass is 10.1. The lowest BCUT2D eigenvalue weighted by Gasteiger charge is -2.19. The molecule has 5 heteroatoms. The Kier molecular flexibility index (Phi) is 5.80. The Morgan fingerprint density at radius 1 is 1.06 bits per heavy atom. The minimum Gasteiger partial charge on any atom is -0.390 e. The van der Waals surface area contributed by atoms with E-state index in [9.17, 15) is 4.80 Å². The van der Waals surface area contributed by atoms with Crippen LogP contribution in [0.2, 0.25) is 6.04 Å². The fourth-order valence-electron chi connectivity index (χ4n) is 1.63. The summed E-state index contributed by atoms with van der Waals surface area (Å²) in [6, 6.07) is 8.80. The van der Waals surface area contributed by atoms with E-state index >= 15 is 0 Å². The molecule has 0 heterocycles. The molecule has 0 amide bonds. The highest BCUT2D eigenvalue weighted by Gasteiger charge is 2.33. The van der Waals surface area contributed by atoms with Gasteiger partial charge in [0.15, 0.2) is 0 Å². The Balaban J connectivity index is 2.52. The highest BCUT2D eigenvalue weighted by atomic mass is 28.4. The van der Waals surface area contributed by atoms with Gasteiger partial charge in [0.05, 0.1) is 0 Å². The molecule has 0 spiro atoms. The van der Waals surface area contributed by atoms with Crippen molar-refractivity contribution in [3.63, 3.8) is 0 Å². The van der Waals surface area contributed by atoms with Crippen LogP contribution in [0.4, 0.5) is 0 Å². The minimum atomic E-state index is -2.93. The van der Waals surface area contributed by atoms with Gasteiger partial charge < -0.3 is 19.4 Å². The first-order valence-electron chi connectivity index (χ1n) is 5.74. The van der Waals surface area contributed by atoms with Gasteiger partial charge in [-0.15, -0.1) is 0 Å². The Morgan fingerprint density at radius 2 is 1.53 bits per heavy atom. The zero-order valence-corrected chi connectivity index (χ0v) is 11.5. The molecule has 0 bridgehead atoms. The van der Waals surface area contributed by atoms with Gasteiger partial charge in [0.2, 0.25) is 0 Å². The van der Waals surface area contributed by atoms with Crippen molar-refractivity contribution in [1.82, 2.24) is 0 Å². The van der Waals surface area contributed by atoms with Crippen LogP contribution in [-0.4, -0.2) is 34.4 Å². The molecule has 4 nitrogen and oxygen atoms in total. The topological polar surface area (TPSA) is 64.7 Å². The largest absolute Gasteiger partial charge is 0.498 e. The second-order valence-electron chi connectivity index (χ2n) is 3.98. The lowest BCUT2D eigenvalue weighted by Crippen LogP contribution is -2.40. The number of hydrogen-bond donors (Lipinski definition) is 2. The number of aryl methyl sites for hydroxylation is 1. The summed E-state index contributed by atoms with van der Waals surface area (Å²) in [5, 5.41) is 0. The fourth-order valence-corrected chi connectivity index (χ4v) is 2.81. The smallest absolute Gasteiger partial charge is 0.390 e. The van der Waals surface area contributed by atoms with Gasteiger partial charge in [-0.2, -0.15) is 0 Å². The maximum Gasteiger partial charge on any atom is 0.498 e. The summed E-state index contributed by atoms with van der Waals surface area (Å²) in [6.45, 7) is 0.666. The molecule has 1 rings (SSSR count). The molecule has 0 saturated carbocycles. The average Bonchev–Trinajstić information content (AvgIpc) is 2.38. The van der Waals surface area contributed by atoms with E-state index in [1.165, 1.54) is 25.3 Å². The molecule has 1 aromatic carbocycles. The Bertz CT molecular complexity index is 325. The van der Waals surface area contributed by atoms with Gasteiger partial charge in [-0.05, 0) is 30.5 Å². The standard InChI is InChI=1S/C12H21NO3Si/c1-15-17(14,16-2)10-8-12-5-3-11(4-6-12)7-9-13/h3-6,14H,7-10,13H2,1-2H3. The number of rotatable bonds is 7. The van der Waals surface area contributed by atoms with Crippen molar-refractivity contribution in [3.8, 4) is 0 Å². The Hall–Kier alpha value is -0.723. The quantitative estimate of drug-likeness (QED) is 0.712. The molecule has 0 aliphatic heterocycles. The molecule has 0 aliphatic rings. The molecule has 0 fully saturated rings. The molecule has 17 heavy (non-hydrogen) atoms. The summed E-state index contributed by atoms with van der Waals surface area (Å²) in [4.78, 5) is 9.91. The maximum absolute atomic E-state index is 9.91. The van der Waals surface area contributed by atoms with E-state index in [2.05, 4.69) is 24.3 Å². The lowest BCUT2D eigenvalue weighted by molar-refractivity contribution is 0.151. The zero-order valence-electron chi connectivity index (χ0n) is 10.5. The van der Waals surface area contributed by atoms with Crippen LogP contribution in [0.15, 0.2) is 24.3 Å². The van der Waals surface area contributed by atoms with Crippen molar-refractivity contribution < 1.29 is 13.6 Å². The summed E-state index contributed by atoms with van der Waals surface area (Å²) < 4.78 is 10.1. The van der Waals surface area contributed by atoms with Gasteiger partial charge in [-0.1, -0.05) is 24.3 Å². The third-order valence-electron chi connectivity index (χ3n) is 2.82. The van der Waals surface area contributed by atoms with Crippen LogP contribution in [0.5, 0.6) is 0 Å². The third kappa shape index (κ3) is 4.57. The molecule has 0 aromatic heterocycles. The van der Waals surface area contributed by atoms with Gasteiger partial charge >= 0.3 is 8.80 Å². The minimum absolute atomic E-state index is 0.538. The van der Waals surface area contributed by atoms with Crippen molar-refractivity contribution in [3.05, 3.63) is 35.4 Å². The molecule has 0 unspecified atom stereocenters. The first-order chi connectivity index (χ1) is 8.13. The number of benzene rings is 1. The van der Waals surface area contributed by atoms with E-state index < -0.39 is 8.80 Å². The molecule has 96 valence electrons. The zero-order chi connectivity index (χ0) is 12.7. The predicted octanol–water partition coefficient (Wildman–Crippen LogP) is 0.954. The summed E-state index contributed by atoms with van der Waals surface area (Å²) in [5.41, 5.74) is 7.90. The van der Waals surface area contributed by atoms with Crippen molar-refractivity contribution in [2.24, 2.45) is 5.73 Å². The first-order valence-corrected chi connectivity index (χ1v) is 7.71. The average molecular weight is 255 g/mol. The summed E-state index contributed by atoms with van der Waals surface area (Å²) >= 11 is 0. The van der Waals surface area contributed by atoms with Crippen LogP contribution in [0.1, 0.15) is 11.1 Å². The van der Waals surface area contributed by atoms with Crippen LogP contribution in [0.3, 0.4) is 0 Å². The second-order valence-corrected chi connectivity index (χ2v) is 6.72. The predicted molar refractivity (Wildman–Crippen MR) is 69.7 cm³/mol. The van der Waals surface area contributed by atoms with E-state index in [1.807, 2.05) is 0 Å². The van der Waals surface area contributed by atoms with Gasteiger partial charge in [-0.3, -0.25) is 0 Å². The van der Waals surface area contributed by atoms with Crippen molar-refractivity contribution in [2.75, 3.05) is 20.8 Å². The number of nitrogens with two attached hydrogens (primary N) is 1. The van der Waals surface area contributed by atoms with Crippen LogP contribution in [0, 0.1) is 0 Å². The third-order valence-corrected chi connectivity index (χ3v) is 4.98. The Morgan fingerprint density at radius 3 is 1.94 bits per heavy atom. The van der Waals surface area contributed by atoms with Crippen molar-refractivity contribution in [1.29, 1.82) is 0 Å². The highest BCUT2D eigenvalue weighted by molar-refractivity contribution is 6.59. The molecular weight excluding hydrogens is 234 g/mol. The highest BCUT2D eigenvalue weighted by Crippen LogP contribution is 2.14. The van der Waals surface area contributed by atoms with E-state index in [0.29, 0.717) is 12.6 Å². The van der Waals surface area contributed by atoms with E-state index in [1.54, 1.807) is 0 Å². The van der Waals surface area contributed by atoms with Crippen LogP contribution >= 0.6 is 0 Å². The van der Waals surface area contributed by atoms with E-state index in [0.717, 1.165) is 12.8 Å². The second kappa shape index (κ2) is 6.88. The summed E-state index contributed by atoms with van der Waals surface area (Å²) in [5.74, 6) is 0. The molecule has 0 aliphatic carbocycles. The monoisotopic (exact) mass is 255 g/mol. The molecular formula is C12H21NO3Si. The molecule has 1 aromatic rings. The SMILES string of the molecule is CO[Si](O)(CCc1ccc(CCN)cc1)OC. The first kappa shape index (κ1) is 14.3. The summed E-state index contributed by atoms with van der Waals surface area (Å²) in [6.07, 6.45) is 1.66. The van der Waals surface area contributed by atoms with Crippen LogP contribution < -0.4 is 5.73 Å². The van der Waals surface area contributed by atoms with E-state index in [4.69, 9.17) is 14.6 Å². The summed E-state index contributed by atoms with van der Waals surface area (Å²) in [7, 11) is 0.0435. The number of hydrogen-bond acceptors (Lipinski definition) is 4. The van der Waals surface area contributed by atoms with Crippen LogP contribution in [-0.2, 0) is 21.7 Å². The van der Waals surface area contributed by atoms with Gasteiger partial charge in [0.25, 0.3) is 0 Å². The van der Waals surface area contributed by atoms with Gasteiger partial charge in [0.1, 0.15) is 0 Å². The fraction of sp³-hybridized carbons (Fsp3) is 0.500. The normalized spacial score (nSPS) is 11.8. The van der Waals surface area contributed by atoms with Crippen LogP contribution in [0.25, 0.3) is 0 Å². The molecule has 0 atom stereocenters. The van der Waals surface area contributed by atoms with Gasteiger partial charge in [0, 0.05) is 20.3 Å². The molecule has 0 radical (unpaired) electrons. The molecule has 0 saturated heterocycles. The van der Waals surface area contributed by atoms with Gasteiger partial charge in [-0.25, -0.2) is 0 Å².